The average Bonchev–Trinajstić information content (AvgIpc) is 2.54. The zero-order valence-electron chi connectivity index (χ0n) is 13.5. The van der Waals surface area contributed by atoms with Crippen LogP contribution in [0, 0.1) is 17.0 Å². The highest BCUT2D eigenvalue weighted by Crippen LogP contribution is 2.20. The fourth-order valence-electron chi connectivity index (χ4n) is 2.41. The summed E-state index contributed by atoms with van der Waals surface area (Å²) >= 11 is 0. The van der Waals surface area contributed by atoms with Crippen molar-refractivity contribution >= 4 is 11.6 Å². The van der Waals surface area contributed by atoms with Crippen LogP contribution in [-0.2, 0) is 6.42 Å². The number of hydrogen-bond donors (Lipinski definition) is 1. The lowest BCUT2D eigenvalue weighted by Gasteiger charge is -2.15. The maximum atomic E-state index is 12.3. The van der Waals surface area contributed by atoms with E-state index in [1.807, 2.05) is 31.2 Å². The van der Waals surface area contributed by atoms with Crippen molar-refractivity contribution in [3.63, 3.8) is 0 Å². The van der Waals surface area contributed by atoms with Gasteiger partial charge in [0.15, 0.2) is 0 Å². The smallest absolute Gasteiger partial charge is 0.272 e. The van der Waals surface area contributed by atoms with Gasteiger partial charge in [-0.15, -0.1) is 0 Å². The molecule has 0 radical (unpaired) electrons. The third-order valence-corrected chi connectivity index (χ3v) is 3.89. The van der Waals surface area contributed by atoms with E-state index in [-0.39, 0.29) is 17.6 Å². The quantitative estimate of drug-likeness (QED) is 0.671. The van der Waals surface area contributed by atoms with Crippen molar-refractivity contribution in [2.24, 2.45) is 0 Å². The van der Waals surface area contributed by atoms with Crippen molar-refractivity contribution in [3.05, 3.63) is 74.8 Å². The first-order valence-electron chi connectivity index (χ1n) is 7.57. The van der Waals surface area contributed by atoms with Gasteiger partial charge in [0.2, 0.25) is 0 Å². The van der Waals surface area contributed by atoms with Gasteiger partial charge in [-0.3, -0.25) is 14.9 Å². The molecule has 2 aromatic carbocycles. The van der Waals surface area contributed by atoms with E-state index in [1.165, 1.54) is 17.7 Å². The molecular formula is C18H20N2O3. The molecular weight excluding hydrogens is 292 g/mol. The Kier molecular flexibility index (Phi) is 5.11. The van der Waals surface area contributed by atoms with Crippen molar-refractivity contribution in [1.29, 1.82) is 0 Å². The molecule has 2 aromatic rings. The van der Waals surface area contributed by atoms with Crippen LogP contribution < -0.4 is 5.32 Å². The third-order valence-electron chi connectivity index (χ3n) is 3.89. The lowest BCUT2D eigenvalue weighted by molar-refractivity contribution is -0.385. The molecule has 2 rings (SSSR count). The first-order valence-corrected chi connectivity index (χ1v) is 7.57. The number of nitro groups is 1. The Morgan fingerprint density at radius 3 is 2.39 bits per heavy atom. The van der Waals surface area contributed by atoms with Gasteiger partial charge in [-0.2, -0.15) is 0 Å². The predicted octanol–water partition coefficient (Wildman–Crippen LogP) is 3.96. The van der Waals surface area contributed by atoms with Gasteiger partial charge in [0.25, 0.3) is 11.6 Å². The third kappa shape index (κ3) is 3.94. The molecule has 0 aromatic heterocycles. The highest BCUT2D eigenvalue weighted by Gasteiger charge is 2.15. The number of nitrogens with one attached hydrogen (secondary N) is 1. The second kappa shape index (κ2) is 7.05. The fourth-order valence-corrected chi connectivity index (χ4v) is 2.41. The fraction of sp³-hybridized carbons (Fsp3) is 0.278. The zero-order chi connectivity index (χ0) is 17.0. The summed E-state index contributed by atoms with van der Waals surface area (Å²) in [5, 5.41) is 13.7. The SMILES string of the molecule is CCc1ccc([C@H](C)NC(=O)c2ccc([N+](=O)[O-])c(C)c2)cc1. The molecule has 0 aliphatic rings. The van der Waals surface area contributed by atoms with E-state index in [0.717, 1.165) is 12.0 Å². The minimum absolute atomic E-state index is 0.0183. The highest BCUT2D eigenvalue weighted by atomic mass is 16.6. The normalized spacial score (nSPS) is 11.8. The number of nitro benzene ring substituents is 1. The van der Waals surface area contributed by atoms with Crippen LogP contribution in [0.25, 0.3) is 0 Å². The Hall–Kier alpha value is -2.69. The number of carbonyl (C=O) groups is 1. The largest absolute Gasteiger partial charge is 0.346 e. The van der Waals surface area contributed by atoms with Gasteiger partial charge in [-0.05, 0) is 43.5 Å². The van der Waals surface area contributed by atoms with Crippen LogP contribution in [0.5, 0.6) is 0 Å². The summed E-state index contributed by atoms with van der Waals surface area (Å²) in [6.45, 7) is 5.63. The number of rotatable bonds is 5. The van der Waals surface area contributed by atoms with Crippen LogP contribution in [0.1, 0.15) is 46.9 Å². The van der Waals surface area contributed by atoms with Crippen LogP contribution in [0.3, 0.4) is 0 Å². The summed E-state index contributed by atoms with van der Waals surface area (Å²) in [5.74, 6) is -0.241. The second-order valence-corrected chi connectivity index (χ2v) is 5.55. The van der Waals surface area contributed by atoms with Gasteiger partial charge in [0, 0.05) is 17.2 Å². The first-order chi connectivity index (χ1) is 10.9. The standard InChI is InChI=1S/C18H20N2O3/c1-4-14-5-7-15(8-6-14)13(3)19-18(21)16-9-10-17(20(22)23)12(2)11-16/h5-11,13H,4H2,1-3H3,(H,19,21)/t13-/m0/s1. The molecule has 1 atom stereocenters. The Labute approximate surface area is 135 Å². The van der Waals surface area contributed by atoms with Crippen molar-refractivity contribution < 1.29 is 9.72 Å². The topological polar surface area (TPSA) is 72.2 Å². The van der Waals surface area contributed by atoms with Gasteiger partial charge < -0.3 is 5.32 Å². The van der Waals surface area contributed by atoms with E-state index in [2.05, 4.69) is 12.2 Å². The molecule has 5 nitrogen and oxygen atoms in total. The minimum Gasteiger partial charge on any atom is -0.346 e. The summed E-state index contributed by atoms with van der Waals surface area (Å²) in [6, 6.07) is 12.4. The molecule has 0 saturated heterocycles. The van der Waals surface area contributed by atoms with Gasteiger partial charge >= 0.3 is 0 Å². The Bertz CT molecular complexity index is 724. The van der Waals surface area contributed by atoms with Gasteiger partial charge in [-0.1, -0.05) is 31.2 Å². The summed E-state index contributed by atoms with van der Waals surface area (Å²) in [5.41, 5.74) is 3.19. The predicted molar refractivity (Wildman–Crippen MR) is 89.5 cm³/mol. The van der Waals surface area contributed by atoms with Crippen molar-refractivity contribution in [2.45, 2.75) is 33.2 Å². The molecule has 0 aliphatic heterocycles. The molecule has 1 N–H and O–H groups in total. The molecule has 1 amide bonds. The number of amides is 1. The van der Waals surface area contributed by atoms with Crippen molar-refractivity contribution in [3.8, 4) is 0 Å². The number of nitrogens with zero attached hydrogens (tertiary/aromatic N) is 1. The second-order valence-electron chi connectivity index (χ2n) is 5.55. The number of carbonyl (C=O) groups excluding carboxylic acids is 1. The molecule has 0 heterocycles. The summed E-state index contributed by atoms with van der Waals surface area (Å²) in [6.07, 6.45) is 0.975. The van der Waals surface area contributed by atoms with Crippen molar-refractivity contribution in [1.82, 2.24) is 5.32 Å². The van der Waals surface area contributed by atoms with Crippen LogP contribution in [-0.4, -0.2) is 10.8 Å². The zero-order valence-corrected chi connectivity index (χ0v) is 13.5. The maximum absolute atomic E-state index is 12.3. The summed E-state index contributed by atoms with van der Waals surface area (Å²) < 4.78 is 0. The number of benzene rings is 2. The number of aryl methyl sites for hydroxylation is 2. The Morgan fingerprint density at radius 1 is 1.22 bits per heavy atom. The molecule has 0 aliphatic carbocycles. The van der Waals surface area contributed by atoms with E-state index < -0.39 is 4.92 Å². The minimum atomic E-state index is -0.449. The van der Waals surface area contributed by atoms with Crippen LogP contribution in [0.2, 0.25) is 0 Å². The first kappa shape index (κ1) is 16.7. The van der Waals surface area contributed by atoms with Gasteiger partial charge in [0.05, 0.1) is 11.0 Å². The van der Waals surface area contributed by atoms with Crippen LogP contribution in [0.15, 0.2) is 42.5 Å². The molecule has 0 saturated carbocycles. The number of hydrogen-bond acceptors (Lipinski definition) is 3. The molecule has 0 spiro atoms. The highest BCUT2D eigenvalue weighted by molar-refractivity contribution is 5.95. The average molecular weight is 312 g/mol. The van der Waals surface area contributed by atoms with E-state index in [1.54, 1.807) is 13.0 Å². The molecule has 5 heteroatoms. The molecule has 0 bridgehead atoms. The monoisotopic (exact) mass is 312 g/mol. The lowest BCUT2D eigenvalue weighted by atomic mass is 10.0. The van der Waals surface area contributed by atoms with Gasteiger partial charge in [-0.25, -0.2) is 0 Å². The van der Waals surface area contributed by atoms with Crippen LogP contribution >= 0.6 is 0 Å². The van der Waals surface area contributed by atoms with E-state index >= 15 is 0 Å². The van der Waals surface area contributed by atoms with Crippen molar-refractivity contribution in [2.75, 3.05) is 0 Å². The lowest BCUT2D eigenvalue weighted by Crippen LogP contribution is -2.26. The molecule has 120 valence electrons. The van der Waals surface area contributed by atoms with Crippen LogP contribution in [0.4, 0.5) is 5.69 Å². The maximum Gasteiger partial charge on any atom is 0.272 e. The van der Waals surface area contributed by atoms with E-state index in [9.17, 15) is 14.9 Å². The van der Waals surface area contributed by atoms with E-state index in [4.69, 9.17) is 0 Å². The molecule has 0 fully saturated rings. The summed E-state index contributed by atoms with van der Waals surface area (Å²) in [7, 11) is 0. The van der Waals surface area contributed by atoms with E-state index in [0.29, 0.717) is 11.1 Å². The summed E-state index contributed by atoms with van der Waals surface area (Å²) in [4.78, 5) is 22.7. The molecule has 23 heavy (non-hydrogen) atoms. The molecule has 0 unspecified atom stereocenters. The Balaban J connectivity index is 2.11. The van der Waals surface area contributed by atoms with Gasteiger partial charge in [0.1, 0.15) is 0 Å². The Morgan fingerprint density at radius 2 is 1.87 bits per heavy atom.